The number of carbonyl (C=O) groups is 2. The summed E-state index contributed by atoms with van der Waals surface area (Å²) in [6.45, 7) is 0.158. The molecule has 4 heteroatoms. The number of amides is 2. The highest BCUT2D eigenvalue weighted by atomic mass is 16.3. The van der Waals surface area contributed by atoms with Gasteiger partial charge in [-0.2, -0.15) is 0 Å². The third kappa shape index (κ3) is 1.93. The molecule has 98 valence electrons. The number of phenolic OH excluding ortho intramolecular Hbond substituents is 1. The molecule has 1 aliphatic heterocycles. The van der Waals surface area contributed by atoms with Gasteiger partial charge >= 0.3 is 0 Å². The SMILES string of the molecule is O=C1C2C=CCCC2C(=O)N1Cc1ccccc1O. The Morgan fingerprint density at radius 2 is 2.00 bits per heavy atom. The van der Waals surface area contributed by atoms with Gasteiger partial charge in [-0.15, -0.1) is 0 Å². The summed E-state index contributed by atoms with van der Waals surface area (Å²) in [5.41, 5.74) is 0.604. The van der Waals surface area contributed by atoms with E-state index in [1.54, 1.807) is 24.3 Å². The number of benzene rings is 1. The average Bonchev–Trinajstić information content (AvgIpc) is 2.67. The maximum atomic E-state index is 12.3. The molecule has 1 aromatic carbocycles. The van der Waals surface area contributed by atoms with Crippen LogP contribution in [0.3, 0.4) is 0 Å². The predicted octanol–water partition coefficient (Wildman–Crippen LogP) is 1.84. The van der Waals surface area contributed by atoms with Crippen LogP contribution >= 0.6 is 0 Å². The lowest BCUT2D eigenvalue weighted by atomic mass is 9.86. The van der Waals surface area contributed by atoms with E-state index in [9.17, 15) is 14.7 Å². The number of phenols is 1. The number of fused-ring (bicyclic) bond motifs is 1. The molecule has 19 heavy (non-hydrogen) atoms. The molecule has 1 N–H and O–H groups in total. The molecule has 3 rings (SSSR count). The Balaban J connectivity index is 1.86. The fourth-order valence-corrected chi connectivity index (χ4v) is 2.82. The molecule has 0 bridgehead atoms. The van der Waals surface area contributed by atoms with Gasteiger partial charge in [0.25, 0.3) is 0 Å². The van der Waals surface area contributed by atoms with Crippen LogP contribution < -0.4 is 0 Å². The normalized spacial score (nSPS) is 25.8. The topological polar surface area (TPSA) is 57.6 Å². The van der Waals surface area contributed by atoms with E-state index in [-0.39, 0.29) is 35.9 Å². The molecule has 1 heterocycles. The smallest absolute Gasteiger partial charge is 0.237 e. The second kappa shape index (κ2) is 4.53. The number of allylic oxidation sites excluding steroid dienone is 1. The van der Waals surface area contributed by atoms with E-state index in [0.29, 0.717) is 5.56 Å². The van der Waals surface area contributed by atoms with Gasteiger partial charge in [-0.05, 0) is 18.9 Å². The van der Waals surface area contributed by atoms with Gasteiger partial charge in [-0.3, -0.25) is 14.5 Å². The summed E-state index contributed by atoms with van der Waals surface area (Å²) in [6, 6.07) is 6.79. The van der Waals surface area contributed by atoms with E-state index in [1.165, 1.54) is 4.90 Å². The lowest BCUT2D eigenvalue weighted by Crippen LogP contribution is -2.30. The standard InChI is InChI=1S/C15H15NO3/c17-13-8-4-1-5-10(13)9-16-14(18)11-6-2-3-7-12(11)15(16)19/h1-2,4-6,8,11-12,17H,3,7,9H2. The summed E-state index contributed by atoms with van der Waals surface area (Å²) >= 11 is 0. The van der Waals surface area contributed by atoms with Gasteiger partial charge in [0.1, 0.15) is 5.75 Å². The molecule has 2 unspecified atom stereocenters. The quantitative estimate of drug-likeness (QED) is 0.649. The van der Waals surface area contributed by atoms with E-state index >= 15 is 0 Å². The van der Waals surface area contributed by atoms with Crippen molar-refractivity contribution in [1.82, 2.24) is 4.90 Å². The number of rotatable bonds is 2. The molecule has 2 amide bonds. The molecule has 1 fully saturated rings. The zero-order chi connectivity index (χ0) is 13.4. The number of para-hydroxylation sites is 1. The minimum atomic E-state index is -0.299. The molecular weight excluding hydrogens is 242 g/mol. The highest BCUT2D eigenvalue weighted by Crippen LogP contribution is 2.35. The first-order valence-corrected chi connectivity index (χ1v) is 6.47. The van der Waals surface area contributed by atoms with E-state index in [1.807, 2.05) is 12.2 Å². The van der Waals surface area contributed by atoms with Crippen LogP contribution in [0.15, 0.2) is 36.4 Å². The minimum Gasteiger partial charge on any atom is -0.508 e. The molecule has 0 saturated carbocycles. The van der Waals surface area contributed by atoms with E-state index in [4.69, 9.17) is 0 Å². The molecule has 2 atom stereocenters. The van der Waals surface area contributed by atoms with Crippen LogP contribution in [0, 0.1) is 11.8 Å². The lowest BCUT2D eigenvalue weighted by Gasteiger charge is -2.15. The number of likely N-dealkylation sites (tertiary alicyclic amines) is 1. The van der Waals surface area contributed by atoms with Gasteiger partial charge in [0.15, 0.2) is 0 Å². The zero-order valence-corrected chi connectivity index (χ0v) is 10.5. The number of nitrogens with zero attached hydrogens (tertiary/aromatic N) is 1. The number of carbonyl (C=O) groups excluding carboxylic acids is 2. The number of hydrogen-bond acceptors (Lipinski definition) is 3. The summed E-state index contributed by atoms with van der Waals surface area (Å²) in [5, 5.41) is 9.74. The van der Waals surface area contributed by atoms with Gasteiger partial charge < -0.3 is 5.11 Å². The van der Waals surface area contributed by atoms with Crippen molar-refractivity contribution in [3.8, 4) is 5.75 Å². The van der Waals surface area contributed by atoms with Crippen molar-refractivity contribution >= 4 is 11.8 Å². The largest absolute Gasteiger partial charge is 0.508 e. The third-order valence-electron chi connectivity index (χ3n) is 3.88. The van der Waals surface area contributed by atoms with Crippen LogP contribution in [-0.4, -0.2) is 21.8 Å². The zero-order valence-electron chi connectivity index (χ0n) is 10.5. The second-order valence-electron chi connectivity index (χ2n) is 5.03. The number of aromatic hydroxyl groups is 1. The van der Waals surface area contributed by atoms with Crippen LogP contribution in [0.25, 0.3) is 0 Å². The van der Waals surface area contributed by atoms with E-state index in [0.717, 1.165) is 12.8 Å². The van der Waals surface area contributed by atoms with Crippen LogP contribution in [0.4, 0.5) is 0 Å². The predicted molar refractivity (Wildman–Crippen MR) is 69.0 cm³/mol. The van der Waals surface area contributed by atoms with Crippen molar-refractivity contribution in [1.29, 1.82) is 0 Å². The average molecular weight is 257 g/mol. The highest BCUT2D eigenvalue weighted by Gasteiger charge is 2.46. The molecule has 2 aliphatic rings. The Morgan fingerprint density at radius 3 is 2.74 bits per heavy atom. The van der Waals surface area contributed by atoms with E-state index < -0.39 is 0 Å². The summed E-state index contributed by atoms with van der Waals surface area (Å²) in [6.07, 6.45) is 5.41. The van der Waals surface area contributed by atoms with E-state index in [2.05, 4.69) is 0 Å². The Bertz CT molecular complexity index is 564. The van der Waals surface area contributed by atoms with Gasteiger partial charge in [0, 0.05) is 5.56 Å². The summed E-state index contributed by atoms with van der Waals surface area (Å²) in [4.78, 5) is 25.8. The molecule has 1 aliphatic carbocycles. The Kier molecular flexibility index (Phi) is 2.85. The van der Waals surface area contributed by atoms with Crippen molar-refractivity contribution < 1.29 is 14.7 Å². The summed E-state index contributed by atoms with van der Waals surface area (Å²) in [5.74, 6) is -0.638. The fourth-order valence-electron chi connectivity index (χ4n) is 2.82. The molecular formula is C15H15NO3. The van der Waals surface area contributed by atoms with Crippen molar-refractivity contribution in [3.63, 3.8) is 0 Å². The first-order valence-electron chi connectivity index (χ1n) is 6.47. The summed E-state index contributed by atoms with van der Waals surface area (Å²) in [7, 11) is 0. The fraction of sp³-hybridized carbons (Fsp3) is 0.333. The molecule has 0 radical (unpaired) electrons. The second-order valence-corrected chi connectivity index (χ2v) is 5.03. The van der Waals surface area contributed by atoms with Gasteiger partial charge in [0.2, 0.25) is 11.8 Å². The molecule has 0 spiro atoms. The van der Waals surface area contributed by atoms with Crippen LogP contribution in [0.2, 0.25) is 0 Å². The van der Waals surface area contributed by atoms with Crippen molar-refractivity contribution in [2.45, 2.75) is 19.4 Å². The highest BCUT2D eigenvalue weighted by molar-refractivity contribution is 6.06. The van der Waals surface area contributed by atoms with Gasteiger partial charge in [0.05, 0.1) is 18.4 Å². The Labute approximate surface area is 111 Å². The Morgan fingerprint density at radius 1 is 1.21 bits per heavy atom. The Hall–Kier alpha value is -2.10. The number of hydrogen-bond donors (Lipinski definition) is 1. The molecule has 1 aromatic rings. The third-order valence-corrected chi connectivity index (χ3v) is 3.88. The van der Waals surface area contributed by atoms with Crippen molar-refractivity contribution in [2.24, 2.45) is 11.8 Å². The number of imide groups is 1. The lowest BCUT2D eigenvalue weighted by molar-refractivity contribution is -0.140. The maximum absolute atomic E-state index is 12.3. The maximum Gasteiger partial charge on any atom is 0.237 e. The molecule has 1 saturated heterocycles. The summed E-state index contributed by atoms with van der Waals surface area (Å²) < 4.78 is 0. The van der Waals surface area contributed by atoms with Crippen LogP contribution in [0.5, 0.6) is 5.75 Å². The monoisotopic (exact) mass is 257 g/mol. The van der Waals surface area contributed by atoms with Crippen LogP contribution in [-0.2, 0) is 16.1 Å². The first kappa shape index (κ1) is 12.0. The first-order chi connectivity index (χ1) is 9.18. The van der Waals surface area contributed by atoms with Crippen molar-refractivity contribution in [3.05, 3.63) is 42.0 Å². The van der Waals surface area contributed by atoms with Crippen LogP contribution in [0.1, 0.15) is 18.4 Å². The van der Waals surface area contributed by atoms with Gasteiger partial charge in [-0.25, -0.2) is 0 Å². The van der Waals surface area contributed by atoms with Crippen molar-refractivity contribution in [2.75, 3.05) is 0 Å². The molecule has 0 aromatic heterocycles. The van der Waals surface area contributed by atoms with Gasteiger partial charge in [-0.1, -0.05) is 30.4 Å². The molecule has 4 nitrogen and oxygen atoms in total. The minimum absolute atomic E-state index is 0.109.